The smallest absolute Gasteiger partial charge is 0.242 e. The zero-order valence-corrected chi connectivity index (χ0v) is 15.4. The summed E-state index contributed by atoms with van der Waals surface area (Å²) in [5, 5.41) is 0. The molecular weight excluding hydrogens is 355 g/mol. The van der Waals surface area contributed by atoms with Crippen molar-refractivity contribution in [2.24, 2.45) is 4.99 Å². The molecule has 1 aliphatic heterocycles. The summed E-state index contributed by atoms with van der Waals surface area (Å²) >= 11 is 0. The van der Waals surface area contributed by atoms with Crippen LogP contribution in [0.5, 0.6) is 0 Å². The van der Waals surface area contributed by atoms with Crippen molar-refractivity contribution in [2.75, 3.05) is 34.2 Å². The number of amides is 1. The first-order valence-electron chi connectivity index (χ1n) is 6.42. The fourth-order valence-corrected chi connectivity index (χ4v) is 2.93. The Bertz CT molecular complexity index is 353. The van der Waals surface area contributed by atoms with Crippen LogP contribution in [0.1, 0.15) is 27.7 Å². The number of piperazine rings is 1. The van der Waals surface area contributed by atoms with E-state index in [4.69, 9.17) is 0 Å². The number of hydrogen-bond acceptors (Lipinski definition) is 2. The van der Waals surface area contributed by atoms with Crippen LogP contribution in [-0.2, 0) is 4.79 Å². The maximum atomic E-state index is 12.3. The van der Waals surface area contributed by atoms with Gasteiger partial charge in [-0.25, -0.2) is 0 Å². The number of guanidine groups is 1. The molecule has 19 heavy (non-hydrogen) atoms. The largest absolute Gasteiger partial charge is 0.349 e. The molecule has 1 aliphatic rings. The first kappa shape index (κ1) is 18.5. The number of halogens is 1. The lowest BCUT2D eigenvalue weighted by atomic mass is 9.96. The number of nitrogens with zero attached hydrogens (tertiary/aromatic N) is 4. The number of aliphatic imine (C=N–C) groups is 1. The monoisotopic (exact) mass is 382 g/mol. The fourth-order valence-electron chi connectivity index (χ4n) is 2.93. The Morgan fingerprint density at radius 3 is 2.21 bits per heavy atom. The van der Waals surface area contributed by atoms with Gasteiger partial charge < -0.3 is 14.7 Å². The van der Waals surface area contributed by atoms with Gasteiger partial charge in [0.1, 0.15) is 0 Å². The minimum atomic E-state index is -0.171. The Morgan fingerprint density at radius 2 is 1.89 bits per heavy atom. The molecule has 1 amide bonds. The van der Waals surface area contributed by atoms with Gasteiger partial charge in [-0.05, 0) is 27.7 Å². The minimum absolute atomic E-state index is 0. The van der Waals surface area contributed by atoms with Crippen LogP contribution in [0.25, 0.3) is 0 Å². The van der Waals surface area contributed by atoms with Gasteiger partial charge >= 0.3 is 0 Å². The summed E-state index contributed by atoms with van der Waals surface area (Å²) in [6.45, 7) is 9.57. The first-order valence-corrected chi connectivity index (χ1v) is 6.42. The van der Waals surface area contributed by atoms with E-state index in [0.717, 1.165) is 12.5 Å². The molecule has 0 spiro atoms. The van der Waals surface area contributed by atoms with Crippen LogP contribution in [0.2, 0.25) is 0 Å². The van der Waals surface area contributed by atoms with Crippen molar-refractivity contribution >= 4 is 35.8 Å². The van der Waals surface area contributed by atoms with Crippen LogP contribution in [0, 0.1) is 0 Å². The summed E-state index contributed by atoms with van der Waals surface area (Å²) in [6.07, 6.45) is 0. The summed E-state index contributed by atoms with van der Waals surface area (Å²) < 4.78 is 0. The van der Waals surface area contributed by atoms with E-state index in [9.17, 15) is 4.79 Å². The molecule has 6 heteroatoms. The van der Waals surface area contributed by atoms with E-state index < -0.39 is 0 Å². The van der Waals surface area contributed by atoms with Crippen molar-refractivity contribution in [3.63, 3.8) is 0 Å². The van der Waals surface area contributed by atoms with Gasteiger partial charge in [0.15, 0.2) is 5.96 Å². The molecule has 1 saturated heterocycles. The lowest BCUT2D eigenvalue weighted by molar-refractivity contribution is -0.145. The highest BCUT2D eigenvalue weighted by molar-refractivity contribution is 14.0. The summed E-state index contributed by atoms with van der Waals surface area (Å²) in [7, 11) is 5.67. The second kappa shape index (κ2) is 6.76. The number of carbonyl (C=O) groups is 1. The minimum Gasteiger partial charge on any atom is -0.349 e. The Morgan fingerprint density at radius 1 is 1.37 bits per heavy atom. The van der Waals surface area contributed by atoms with E-state index in [2.05, 4.69) is 37.6 Å². The molecule has 0 aromatic carbocycles. The van der Waals surface area contributed by atoms with Crippen molar-refractivity contribution < 1.29 is 4.79 Å². The van der Waals surface area contributed by atoms with E-state index >= 15 is 0 Å². The maximum absolute atomic E-state index is 12.3. The number of hydrogen-bond donors (Lipinski definition) is 0. The highest BCUT2D eigenvalue weighted by atomic mass is 127. The quantitative estimate of drug-likeness (QED) is 0.392. The van der Waals surface area contributed by atoms with E-state index in [1.54, 1.807) is 7.05 Å². The first-order chi connectivity index (χ1) is 8.20. The number of carbonyl (C=O) groups excluding carboxylic acids is 1. The third kappa shape index (κ3) is 3.97. The second-order valence-corrected chi connectivity index (χ2v) is 5.94. The van der Waals surface area contributed by atoms with Crippen molar-refractivity contribution in [1.29, 1.82) is 0 Å². The van der Waals surface area contributed by atoms with Crippen molar-refractivity contribution in [1.82, 2.24) is 14.7 Å². The summed E-state index contributed by atoms with van der Waals surface area (Å²) in [5.41, 5.74) is -0.171. The molecule has 0 radical (unpaired) electrons. The Labute approximate surface area is 134 Å². The van der Waals surface area contributed by atoms with Crippen molar-refractivity contribution in [3.8, 4) is 0 Å². The summed E-state index contributed by atoms with van der Waals surface area (Å²) in [6, 6.07) is 0.232. The molecular formula is C13H27IN4O. The zero-order chi connectivity index (χ0) is 14.1. The average molecular weight is 382 g/mol. The highest BCUT2D eigenvalue weighted by Gasteiger charge is 2.40. The Balaban J connectivity index is 0.00000324. The molecule has 0 aromatic rings. The van der Waals surface area contributed by atoms with E-state index in [1.165, 1.54) is 0 Å². The average Bonchev–Trinajstić information content (AvgIpc) is 2.13. The third-order valence-electron chi connectivity index (χ3n) is 3.22. The van der Waals surface area contributed by atoms with Gasteiger partial charge in [0.05, 0.1) is 12.1 Å². The second-order valence-electron chi connectivity index (χ2n) is 5.94. The number of rotatable bonds is 1. The summed E-state index contributed by atoms with van der Waals surface area (Å²) in [4.78, 5) is 22.6. The van der Waals surface area contributed by atoms with Gasteiger partial charge in [-0.3, -0.25) is 9.79 Å². The Hall–Kier alpha value is -0.530. The van der Waals surface area contributed by atoms with Crippen molar-refractivity contribution in [3.05, 3.63) is 0 Å². The maximum Gasteiger partial charge on any atom is 0.242 e. The molecule has 112 valence electrons. The van der Waals surface area contributed by atoms with Gasteiger partial charge in [0.25, 0.3) is 0 Å². The lowest BCUT2D eigenvalue weighted by Crippen LogP contribution is -2.66. The van der Waals surface area contributed by atoms with E-state index in [-0.39, 0.29) is 41.5 Å². The van der Waals surface area contributed by atoms with Crippen LogP contribution >= 0.6 is 24.0 Å². The van der Waals surface area contributed by atoms with Gasteiger partial charge in [0, 0.05) is 33.7 Å². The van der Waals surface area contributed by atoms with Crippen LogP contribution in [0.15, 0.2) is 4.99 Å². The van der Waals surface area contributed by atoms with Crippen molar-refractivity contribution in [2.45, 2.75) is 39.3 Å². The van der Waals surface area contributed by atoms with Gasteiger partial charge in [-0.2, -0.15) is 0 Å². The molecule has 1 fully saturated rings. The van der Waals surface area contributed by atoms with Crippen LogP contribution in [0.3, 0.4) is 0 Å². The molecule has 0 atom stereocenters. The molecule has 0 aromatic heterocycles. The van der Waals surface area contributed by atoms with Crippen LogP contribution in [0.4, 0.5) is 0 Å². The molecule has 5 nitrogen and oxygen atoms in total. The third-order valence-corrected chi connectivity index (χ3v) is 3.22. The van der Waals surface area contributed by atoms with Crippen LogP contribution < -0.4 is 0 Å². The SMILES string of the molecule is CN=C(N(C)C)N1CC(=O)N(C(C)C)C(C)(C)C1.I. The molecule has 0 unspecified atom stereocenters. The molecule has 0 N–H and O–H groups in total. The van der Waals surface area contributed by atoms with Gasteiger partial charge in [-0.1, -0.05) is 0 Å². The molecule has 0 aliphatic carbocycles. The normalized spacial score (nSPS) is 19.6. The molecule has 1 rings (SSSR count). The van der Waals surface area contributed by atoms with E-state index in [0.29, 0.717) is 6.54 Å². The van der Waals surface area contributed by atoms with Gasteiger partial charge in [0.2, 0.25) is 5.91 Å². The highest BCUT2D eigenvalue weighted by Crippen LogP contribution is 2.24. The zero-order valence-electron chi connectivity index (χ0n) is 13.1. The predicted octanol–water partition coefficient (Wildman–Crippen LogP) is 1.48. The Kier molecular flexibility index (Phi) is 6.57. The predicted molar refractivity (Wildman–Crippen MR) is 90.1 cm³/mol. The topological polar surface area (TPSA) is 39.1 Å². The van der Waals surface area contributed by atoms with Gasteiger partial charge in [-0.15, -0.1) is 24.0 Å². The molecule has 0 saturated carbocycles. The fraction of sp³-hybridized carbons (Fsp3) is 0.846. The molecule has 0 bridgehead atoms. The lowest BCUT2D eigenvalue weighted by Gasteiger charge is -2.50. The van der Waals surface area contributed by atoms with E-state index in [1.807, 2.05) is 23.9 Å². The van der Waals surface area contributed by atoms with Crippen LogP contribution in [-0.4, -0.2) is 72.4 Å². The summed E-state index contributed by atoms with van der Waals surface area (Å²) in [5.74, 6) is 1.03. The molecule has 1 heterocycles. The standard InChI is InChI=1S/C13H26N4O.HI/c1-10(2)17-11(18)8-16(9-13(17,3)4)12(14-5)15(6)7;/h10H,8-9H2,1-7H3;1H.